The molecular formula is C19H20F2N2O3S. The van der Waals surface area contributed by atoms with E-state index in [9.17, 15) is 22.0 Å². The summed E-state index contributed by atoms with van der Waals surface area (Å²) in [5.41, 5.74) is 0.581. The third-order valence-corrected chi connectivity index (χ3v) is 6.38. The van der Waals surface area contributed by atoms with Gasteiger partial charge in [-0.3, -0.25) is 4.79 Å². The molecule has 2 aromatic carbocycles. The van der Waals surface area contributed by atoms with Crippen LogP contribution in [0.3, 0.4) is 0 Å². The second kappa shape index (κ2) is 8.14. The summed E-state index contributed by atoms with van der Waals surface area (Å²) in [7, 11) is -3.50. The monoisotopic (exact) mass is 394 g/mol. The van der Waals surface area contributed by atoms with Gasteiger partial charge in [-0.05, 0) is 67.3 Å². The standard InChI is InChI=1S/C19H20F2N2O3S/c20-15-4-9-18(21)14(13-15)3-10-19(24)22-16-5-7-17(8-6-16)27(25,26)23-11-1-2-12-23/h4-9,13H,1-3,10-12H2,(H,22,24). The van der Waals surface area contributed by atoms with Gasteiger partial charge in [-0.15, -0.1) is 0 Å². The molecule has 0 radical (unpaired) electrons. The van der Waals surface area contributed by atoms with Crippen LogP contribution in [0.15, 0.2) is 47.4 Å². The van der Waals surface area contributed by atoms with Crippen LogP contribution < -0.4 is 5.32 Å². The van der Waals surface area contributed by atoms with E-state index in [4.69, 9.17) is 0 Å². The Morgan fingerprint density at radius 3 is 2.37 bits per heavy atom. The van der Waals surface area contributed by atoms with Crippen molar-refractivity contribution in [1.82, 2.24) is 4.31 Å². The molecule has 0 atom stereocenters. The van der Waals surface area contributed by atoms with Crippen LogP contribution in [0.2, 0.25) is 0 Å². The predicted molar refractivity (Wildman–Crippen MR) is 97.7 cm³/mol. The molecule has 1 N–H and O–H groups in total. The number of sulfonamides is 1. The van der Waals surface area contributed by atoms with E-state index in [1.54, 1.807) is 0 Å². The van der Waals surface area contributed by atoms with Crippen molar-refractivity contribution in [2.75, 3.05) is 18.4 Å². The molecule has 2 aromatic rings. The molecule has 0 aromatic heterocycles. The van der Waals surface area contributed by atoms with E-state index in [0.717, 1.165) is 31.0 Å². The van der Waals surface area contributed by atoms with Crippen molar-refractivity contribution in [2.45, 2.75) is 30.6 Å². The lowest BCUT2D eigenvalue weighted by Gasteiger charge is -2.15. The summed E-state index contributed by atoms with van der Waals surface area (Å²) in [5, 5.41) is 2.63. The zero-order valence-electron chi connectivity index (χ0n) is 14.6. The number of rotatable bonds is 6. The summed E-state index contributed by atoms with van der Waals surface area (Å²) in [6, 6.07) is 9.07. The zero-order chi connectivity index (χ0) is 19.4. The van der Waals surface area contributed by atoms with Crippen LogP contribution in [-0.2, 0) is 21.2 Å². The molecule has 27 heavy (non-hydrogen) atoms. The fourth-order valence-corrected chi connectivity index (χ4v) is 4.51. The molecule has 1 heterocycles. The summed E-state index contributed by atoms with van der Waals surface area (Å²) < 4.78 is 53.1. The Bertz CT molecular complexity index is 924. The summed E-state index contributed by atoms with van der Waals surface area (Å²) in [5.74, 6) is -1.48. The minimum absolute atomic E-state index is 0.0196. The average Bonchev–Trinajstić information content (AvgIpc) is 3.18. The summed E-state index contributed by atoms with van der Waals surface area (Å²) in [6.07, 6.45) is 1.77. The number of aryl methyl sites for hydroxylation is 1. The first-order valence-electron chi connectivity index (χ1n) is 8.70. The van der Waals surface area contributed by atoms with Crippen LogP contribution in [0, 0.1) is 11.6 Å². The minimum Gasteiger partial charge on any atom is -0.326 e. The van der Waals surface area contributed by atoms with Gasteiger partial charge < -0.3 is 5.32 Å². The van der Waals surface area contributed by atoms with Crippen LogP contribution >= 0.6 is 0 Å². The molecule has 8 heteroatoms. The second-order valence-electron chi connectivity index (χ2n) is 6.42. The lowest BCUT2D eigenvalue weighted by Crippen LogP contribution is -2.27. The lowest BCUT2D eigenvalue weighted by molar-refractivity contribution is -0.116. The fraction of sp³-hybridized carbons (Fsp3) is 0.316. The first-order valence-corrected chi connectivity index (χ1v) is 10.1. The Labute approximate surface area is 157 Å². The number of carbonyl (C=O) groups is 1. The zero-order valence-corrected chi connectivity index (χ0v) is 15.4. The van der Waals surface area contributed by atoms with Crippen molar-refractivity contribution < 1.29 is 22.0 Å². The molecule has 1 fully saturated rings. The Hall–Kier alpha value is -2.32. The molecule has 1 saturated heterocycles. The lowest BCUT2D eigenvalue weighted by atomic mass is 10.1. The SMILES string of the molecule is O=C(CCc1cc(F)ccc1F)Nc1ccc(S(=O)(=O)N2CCCC2)cc1. The third kappa shape index (κ3) is 4.70. The first-order chi connectivity index (χ1) is 12.9. The minimum atomic E-state index is -3.50. The molecule has 0 aliphatic carbocycles. The van der Waals surface area contributed by atoms with Gasteiger partial charge >= 0.3 is 0 Å². The quantitative estimate of drug-likeness (QED) is 0.817. The molecule has 0 saturated carbocycles. The predicted octanol–water partition coefficient (Wildman–Crippen LogP) is 3.32. The van der Waals surface area contributed by atoms with Crippen LogP contribution in [0.5, 0.6) is 0 Å². The highest BCUT2D eigenvalue weighted by Crippen LogP contribution is 2.22. The smallest absolute Gasteiger partial charge is 0.243 e. The number of halogens is 2. The summed E-state index contributed by atoms with van der Waals surface area (Å²) >= 11 is 0. The Kier molecular flexibility index (Phi) is 5.86. The van der Waals surface area contributed by atoms with E-state index in [2.05, 4.69) is 5.32 Å². The summed E-state index contributed by atoms with van der Waals surface area (Å²) in [6.45, 7) is 1.05. The number of anilines is 1. The molecule has 144 valence electrons. The van der Waals surface area contributed by atoms with Crippen molar-refractivity contribution in [3.05, 3.63) is 59.7 Å². The van der Waals surface area contributed by atoms with Gasteiger partial charge in [0.05, 0.1) is 4.90 Å². The molecule has 3 rings (SSSR count). The number of carbonyl (C=O) groups excluding carboxylic acids is 1. The van der Waals surface area contributed by atoms with Crippen molar-refractivity contribution >= 4 is 21.6 Å². The molecule has 5 nitrogen and oxygen atoms in total. The highest BCUT2D eigenvalue weighted by atomic mass is 32.2. The number of nitrogens with one attached hydrogen (secondary N) is 1. The van der Waals surface area contributed by atoms with Gasteiger partial charge in [0, 0.05) is 25.2 Å². The maximum Gasteiger partial charge on any atom is 0.243 e. The Morgan fingerprint density at radius 2 is 1.70 bits per heavy atom. The Morgan fingerprint density at radius 1 is 1.04 bits per heavy atom. The number of hydrogen-bond donors (Lipinski definition) is 1. The van der Waals surface area contributed by atoms with E-state index in [1.807, 2.05) is 0 Å². The number of amides is 1. The van der Waals surface area contributed by atoms with Crippen molar-refractivity contribution in [2.24, 2.45) is 0 Å². The van der Waals surface area contributed by atoms with Gasteiger partial charge in [0.25, 0.3) is 0 Å². The van der Waals surface area contributed by atoms with Crippen molar-refractivity contribution in [1.29, 1.82) is 0 Å². The van der Waals surface area contributed by atoms with Gasteiger partial charge in [-0.2, -0.15) is 4.31 Å². The van der Waals surface area contributed by atoms with Gasteiger partial charge in [0.1, 0.15) is 11.6 Å². The maximum absolute atomic E-state index is 13.6. The van der Waals surface area contributed by atoms with E-state index in [1.165, 1.54) is 28.6 Å². The van der Waals surface area contributed by atoms with E-state index in [-0.39, 0.29) is 29.2 Å². The van der Waals surface area contributed by atoms with Gasteiger partial charge in [-0.1, -0.05) is 0 Å². The van der Waals surface area contributed by atoms with Gasteiger partial charge in [-0.25, -0.2) is 17.2 Å². The van der Waals surface area contributed by atoms with Crippen LogP contribution in [0.1, 0.15) is 24.8 Å². The van der Waals surface area contributed by atoms with E-state index in [0.29, 0.717) is 18.8 Å². The van der Waals surface area contributed by atoms with Gasteiger partial charge in [0.15, 0.2) is 0 Å². The Balaban J connectivity index is 1.59. The number of benzene rings is 2. The number of nitrogens with zero attached hydrogens (tertiary/aromatic N) is 1. The molecule has 1 amide bonds. The second-order valence-corrected chi connectivity index (χ2v) is 8.36. The average molecular weight is 394 g/mol. The third-order valence-electron chi connectivity index (χ3n) is 4.47. The van der Waals surface area contributed by atoms with Crippen molar-refractivity contribution in [3.8, 4) is 0 Å². The topological polar surface area (TPSA) is 66.5 Å². The molecular weight excluding hydrogens is 374 g/mol. The number of hydrogen-bond acceptors (Lipinski definition) is 3. The van der Waals surface area contributed by atoms with E-state index >= 15 is 0 Å². The molecule has 0 bridgehead atoms. The first kappa shape index (κ1) is 19.4. The molecule has 1 aliphatic heterocycles. The van der Waals surface area contributed by atoms with Crippen molar-refractivity contribution in [3.63, 3.8) is 0 Å². The highest BCUT2D eigenvalue weighted by molar-refractivity contribution is 7.89. The largest absolute Gasteiger partial charge is 0.326 e. The van der Waals surface area contributed by atoms with Crippen LogP contribution in [0.4, 0.5) is 14.5 Å². The highest BCUT2D eigenvalue weighted by Gasteiger charge is 2.26. The maximum atomic E-state index is 13.6. The molecule has 0 spiro atoms. The molecule has 0 unspecified atom stereocenters. The van der Waals surface area contributed by atoms with Crippen LogP contribution in [0.25, 0.3) is 0 Å². The van der Waals surface area contributed by atoms with Gasteiger partial charge in [0.2, 0.25) is 15.9 Å². The van der Waals surface area contributed by atoms with Crippen LogP contribution in [-0.4, -0.2) is 31.7 Å². The summed E-state index contributed by atoms with van der Waals surface area (Å²) in [4.78, 5) is 12.2. The van der Waals surface area contributed by atoms with E-state index < -0.39 is 21.7 Å². The molecule has 1 aliphatic rings. The fourth-order valence-electron chi connectivity index (χ4n) is 2.99. The normalized spacial score (nSPS) is 15.0.